The molecule has 0 saturated carbocycles. The van der Waals surface area contributed by atoms with Crippen molar-refractivity contribution in [1.82, 2.24) is 0 Å². The van der Waals surface area contributed by atoms with E-state index < -0.39 is 5.78 Å². The summed E-state index contributed by atoms with van der Waals surface area (Å²) in [6.07, 6.45) is 0. The third kappa shape index (κ3) is 2.38. The van der Waals surface area contributed by atoms with E-state index in [1.54, 1.807) is 18.2 Å². The summed E-state index contributed by atoms with van der Waals surface area (Å²) in [6.45, 7) is 0. The van der Waals surface area contributed by atoms with Gasteiger partial charge in [-0.05, 0) is 24.3 Å². The van der Waals surface area contributed by atoms with Crippen molar-refractivity contribution in [1.29, 1.82) is 0 Å². The van der Waals surface area contributed by atoms with Crippen molar-refractivity contribution in [2.45, 2.75) is 0 Å². The van der Waals surface area contributed by atoms with E-state index in [2.05, 4.69) is 0 Å². The van der Waals surface area contributed by atoms with Crippen LogP contribution in [-0.4, -0.2) is 30.2 Å². The molecule has 0 radical (unpaired) electrons. The molecule has 2 N–H and O–H groups in total. The van der Waals surface area contributed by atoms with Crippen LogP contribution < -0.4 is 9.47 Å². The van der Waals surface area contributed by atoms with Gasteiger partial charge in [-0.15, -0.1) is 0 Å². The molecule has 0 aliphatic heterocycles. The van der Waals surface area contributed by atoms with Crippen LogP contribution in [0.2, 0.25) is 0 Å². The molecule has 0 unspecified atom stereocenters. The number of carbonyl (C=O) groups excluding carboxylic acids is 1. The zero-order chi connectivity index (χ0) is 14.7. The Labute approximate surface area is 116 Å². The van der Waals surface area contributed by atoms with Gasteiger partial charge in [0.05, 0.1) is 19.8 Å². The molecule has 0 saturated heterocycles. The summed E-state index contributed by atoms with van der Waals surface area (Å²) in [6, 6.07) is 8.74. The van der Waals surface area contributed by atoms with Gasteiger partial charge < -0.3 is 19.7 Å². The monoisotopic (exact) mass is 274 g/mol. The molecule has 2 aromatic carbocycles. The first kappa shape index (κ1) is 13.7. The van der Waals surface area contributed by atoms with E-state index in [0.29, 0.717) is 11.5 Å². The van der Waals surface area contributed by atoms with Gasteiger partial charge >= 0.3 is 0 Å². The minimum absolute atomic E-state index is 0.0607. The fourth-order valence-electron chi connectivity index (χ4n) is 1.92. The second-order valence-electron chi connectivity index (χ2n) is 4.07. The molecule has 0 amide bonds. The van der Waals surface area contributed by atoms with Crippen LogP contribution in [0.5, 0.6) is 23.0 Å². The quantitative estimate of drug-likeness (QED) is 0.837. The van der Waals surface area contributed by atoms with Crippen LogP contribution >= 0.6 is 0 Å². The van der Waals surface area contributed by atoms with Gasteiger partial charge in [-0.2, -0.15) is 0 Å². The number of phenolic OH excluding ortho intramolecular Hbond substituents is 2. The van der Waals surface area contributed by atoms with Gasteiger partial charge in [0, 0.05) is 6.07 Å². The minimum Gasteiger partial charge on any atom is -0.508 e. The van der Waals surface area contributed by atoms with Gasteiger partial charge in [0.1, 0.15) is 28.6 Å². The van der Waals surface area contributed by atoms with E-state index in [4.69, 9.17) is 9.47 Å². The second-order valence-corrected chi connectivity index (χ2v) is 4.07. The molecule has 104 valence electrons. The van der Waals surface area contributed by atoms with Crippen LogP contribution in [0.1, 0.15) is 15.9 Å². The molecule has 0 atom stereocenters. The number of hydrogen-bond acceptors (Lipinski definition) is 5. The van der Waals surface area contributed by atoms with Gasteiger partial charge in [-0.1, -0.05) is 6.07 Å². The Bertz CT molecular complexity index is 626. The summed E-state index contributed by atoms with van der Waals surface area (Å²) < 4.78 is 10.3. The normalized spacial score (nSPS) is 10.1. The van der Waals surface area contributed by atoms with Crippen molar-refractivity contribution in [3.8, 4) is 23.0 Å². The second kappa shape index (κ2) is 5.52. The Morgan fingerprint density at radius 2 is 1.60 bits per heavy atom. The first-order valence-corrected chi connectivity index (χ1v) is 5.86. The Balaban J connectivity index is 2.58. The summed E-state index contributed by atoms with van der Waals surface area (Å²) in [5.41, 5.74) is 0.282. The SMILES string of the molecule is COc1cccc(OC)c1C(=O)c1ccc(O)cc1O. The van der Waals surface area contributed by atoms with Crippen LogP contribution in [0.25, 0.3) is 0 Å². The summed E-state index contributed by atoms with van der Waals surface area (Å²) in [7, 11) is 2.89. The van der Waals surface area contributed by atoms with Crippen LogP contribution in [0.15, 0.2) is 36.4 Å². The van der Waals surface area contributed by atoms with E-state index in [0.717, 1.165) is 6.07 Å². The maximum absolute atomic E-state index is 12.5. The summed E-state index contributed by atoms with van der Waals surface area (Å²) >= 11 is 0. The van der Waals surface area contributed by atoms with E-state index in [9.17, 15) is 15.0 Å². The van der Waals surface area contributed by atoms with Crippen molar-refractivity contribution in [2.75, 3.05) is 14.2 Å². The Morgan fingerprint density at radius 3 is 2.10 bits per heavy atom. The lowest BCUT2D eigenvalue weighted by molar-refractivity contribution is 0.103. The lowest BCUT2D eigenvalue weighted by atomic mass is 10.0. The Morgan fingerprint density at radius 1 is 1.00 bits per heavy atom. The number of phenols is 2. The standard InChI is InChI=1S/C15H14O5/c1-19-12-4-3-5-13(20-2)14(12)15(18)10-7-6-9(16)8-11(10)17/h3-8,16-17H,1-2H3. The number of ether oxygens (including phenoxy) is 2. The van der Waals surface area contributed by atoms with Crippen molar-refractivity contribution in [3.05, 3.63) is 47.5 Å². The molecular weight excluding hydrogens is 260 g/mol. The number of benzene rings is 2. The maximum atomic E-state index is 12.5. The van der Waals surface area contributed by atoms with Gasteiger partial charge in [0.2, 0.25) is 5.78 Å². The number of ketones is 1. The summed E-state index contributed by atoms with van der Waals surface area (Å²) in [4.78, 5) is 12.5. The largest absolute Gasteiger partial charge is 0.508 e. The highest BCUT2D eigenvalue weighted by molar-refractivity contribution is 6.14. The first-order valence-electron chi connectivity index (χ1n) is 5.86. The summed E-state index contributed by atoms with van der Waals surface area (Å²) in [5, 5.41) is 19.1. The predicted octanol–water partition coefficient (Wildman–Crippen LogP) is 2.35. The Kier molecular flexibility index (Phi) is 3.79. The molecule has 2 aromatic rings. The van der Waals surface area contributed by atoms with Crippen LogP contribution in [0, 0.1) is 0 Å². The van der Waals surface area contributed by atoms with Gasteiger partial charge in [-0.3, -0.25) is 4.79 Å². The highest BCUT2D eigenvalue weighted by Crippen LogP contribution is 2.33. The number of hydrogen-bond donors (Lipinski definition) is 2. The molecule has 0 spiro atoms. The topological polar surface area (TPSA) is 76.0 Å². The van der Waals surface area contributed by atoms with Crippen LogP contribution in [0.4, 0.5) is 0 Å². The smallest absolute Gasteiger partial charge is 0.204 e. The first-order chi connectivity index (χ1) is 9.58. The lowest BCUT2D eigenvalue weighted by Crippen LogP contribution is -2.06. The highest BCUT2D eigenvalue weighted by atomic mass is 16.5. The van der Waals surface area contributed by atoms with Crippen molar-refractivity contribution in [3.63, 3.8) is 0 Å². The molecular formula is C15H14O5. The third-order valence-corrected chi connectivity index (χ3v) is 2.88. The van der Waals surface area contributed by atoms with Gasteiger partial charge in [0.15, 0.2) is 0 Å². The van der Waals surface area contributed by atoms with Crippen molar-refractivity contribution < 1.29 is 24.5 Å². The van der Waals surface area contributed by atoms with Gasteiger partial charge in [0.25, 0.3) is 0 Å². The zero-order valence-electron chi connectivity index (χ0n) is 11.1. The molecule has 5 nitrogen and oxygen atoms in total. The molecule has 2 rings (SSSR count). The number of rotatable bonds is 4. The summed E-state index contributed by atoms with van der Waals surface area (Å²) in [5.74, 6) is -0.172. The van der Waals surface area contributed by atoms with E-state index >= 15 is 0 Å². The van der Waals surface area contributed by atoms with E-state index in [1.165, 1.54) is 26.4 Å². The maximum Gasteiger partial charge on any atom is 0.204 e. The molecule has 0 fully saturated rings. The van der Waals surface area contributed by atoms with E-state index in [1.807, 2.05) is 0 Å². The zero-order valence-corrected chi connectivity index (χ0v) is 11.1. The number of methoxy groups -OCH3 is 2. The molecule has 20 heavy (non-hydrogen) atoms. The molecule has 0 aliphatic carbocycles. The predicted molar refractivity (Wildman–Crippen MR) is 72.8 cm³/mol. The molecule has 0 aromatic heterocycles. The highest BCUT2D eigenvalue weighted by Gasteiger charge is 2.22. The van der Waals surface area contributed by atoms with Crippen LogP contribution in [-0.2, 0) is 0 Å². The molecule has 0 bridgehead atoms. The third-order valence-electron chi connectivity index (χ3n) is 2.88. The molecule has 0 heterocycles. The average Bonchev–Trinajstić information content (AvgIpc) is 2.45. The van der Waals surface area contributed by atoms with Crippen molar-refractivity contribution in [2.24, 2.45) is 0 Å². The van der Waals surface area contributed by atoms with Crippen LogP contribution in [0.3, 0.4) is 0 Å². The fourth-order valence-corrected chi connectivity index (χ4v) is 1.92. The number of aromatic hydroxyl groups is 2. The minimum atomic E-state index is -0.447. The lowest BCUT2D eigenvalue weighted by Gasteiger charge is -2.12. The average molecular weight is 274 g/mol. The van der Waals surface area contributed by atoms with Crippen molar-refractivity contribution >= 4 is 5.78 Å². The molecule has 0 aliphatic rings. The fraction of sp³-hybridized carbons (Fsp3) is 0.133. The van der Waals surface area contributed by atoms with E-state index in [-0.39, 0.29) is 22.6 Å². The Hall–Kier alpha value is -2.69. The van der Waals surface area contributed by atoms with Gasteiger partial charge in [-0.25, -0.2) is 0 Å². The number of carbonyl (C=O) groups is 1. The molecule has 5 heteroatoms.